The maximum atomic E-state index is 6.23. The summed E-state index contributed by atoms with van der Waals surface area (Å²) >= 11 is 6.18. The zero-order chi connectivity index (χ0) is 15.7. The normalized spacial score (nSPS) is 25.7. The predicted molar refractivity (Wildman–Crippen MR) is 106 cm³/mol. The van der Waals surface area contributed by atoms with Crippen molar-refractivity contribution in [3.05, 3.63) is 28.8 Å². The standard InChI is InChI=1S/C18H25ClN2O2.2ClH/c19-15-1-2-17-14(11-15)13-21(8-10-22-17)16-3-9-23-18(12-16)4-6-20-7-5-18;;/h1-2,11,16,20H,3-10,12-13H2;2*1H. The van der Waals surface area contributed by atoms with Crippen molar-refractivity contribution in [1.29, 1.82) is 0 Å². The summed E-state index contributed by atoms with van der Waals surface area (Å²) in [4.78, 5) is 2.58. The lowest BCUT2D eigenvalue weighted by molar-refractivity contribution is -0.121. The summed E-state index contributed by atoms with van der Waals surface area (Å²) in [5.74, 6) is 0.987. The first-order valence-electron chi connectivity index (χ1n) is 8.74. The number of halogens is 3. The van der Waals surface area contributed by atoms with Crippen molar-refractivity contribution in [3.63, 3.8) is 0 Å². The highest BCUT2D eigenvalue weighted by Gasteiger charge is 2.40. The van der Waals surface area contributed by atoms with Gasteiger partial charge in [0.1, 0.15) is 12.4 Å². The molecule has 7 heteroatoms. The molecule has 0 bridgehead atoms. The van der Waals surface area contributed by atoms with Gasteiger partial charge in [0.25, 0.3) is 0 Å². The highest BCUT2D eigenvalue weighted by molar-refractivity contribution is 6.30. The summed E-state index contributed by atoms with van der Waals surface area (Å²) in [6, 6.07) is 6.54. The van der Waals surface area contributed by atoms with E-state index >= 15 is 0 Å². The minimum atomic E-state index is 0. The van der Waals surface area contributed by atoms with Crippen molar-refractivity contribution in [2.24, 2.45) is 0 Å². The molecule has 25 heavy (non-hydrogen) atoms. The Labute approximate surface area is 167 Å². The van der Waals surface area contributed by atoms with Crippen LogP contribution < -0.4 is 10.1 Å². The fourth-order valence-electron chi connectivity index (χ4n) is 4.24. The van der Waals surface area contributed by atoms with Gasteiger partial charge in [0, 0.05) is 36.3 Å². The summed E-state index contributed by atoms with van der Waals surface area (Å²) in [6.07, 6.45) is 4.53. The van der Waals surface area contributed by atoms with Crippen LogP contribution in [0.4, 0.5) is 0 Å². The Kier molecular flexibility index (Phi) is 7.68. The molecule has 142 valence electrons. The second-order valence-electron chi connectivity index (χ2n) is 7.00. The number of piperidine rings is 1. The molecule has 1 spiro atoms. The number of hydrogen-bond donors (Lipinski definition) is 1. The number of rotatable bonds is 1. The zero-order valence-electron chi connectivity index (χ0n) is 14.3. The number of nitrogens with zero attached hydrogens (tertiary/aromatic N) is 1. The van der Waals surface area contributed by atoms with E-state index in [-0.39, 0.29) is 30.4 Å². The van der Waals surface area contributed by atoms with Crippen LogP contribution in [0.5, 0.6) is 5.75 Å². The Bertz CT molecular complexity index is 562. The summed E-state index contributed by atoms with van der Waals surface area (Å²) in [5, 5.41) is 4.24. The fourth-order valence-corrected chi connectivity index (χ4v) is 4.43. The monoisotopic (exact) mass is 408 g/mol. The number of benzene rings is 1. The molecule has 0 amide bonds. The molecular weight excluding hydrogens is 383 g/mol. The Hall–Kier alpha value is -0.230. The lowest BCUT2D eigenvalue weighted by atomic mass is 9.82. The van der Waals surface area contributed by atoms with Gasteiger partial charge < -0.3 is 14.8 Å². The molecule has 1 aromatic rings. The van der Waals surface area contributed by atoms with Crippen LogP contribution in [0.15, 0.2) is 18.2 Å². The second-order valence-corrected chi connectivity index (χ2v) is 7.44. The van der Waals surface area contributed by atoms with Crippen molar-refractivity contribution < 1.29 is 9.47 Å². The SMILES string of the molecule is Cl.Cl.Clc1ccc2c(c1)CN(C1CCOC3(CCNCC3)C1)CCO2. The van der Waals surface area contributed by atoms with E-state index in [4.69, 9.17) is 21.1 Å². The van der Waals surface area contributed by atoms with Crippen molar-refractivity contribution in [2.75, 3.05) is 32.8 Å². The average Bonchev–Trinajstić information content (AvgIpc) is 2.77. The third kappa shape index (κ3) is 4.74. The summed E-state index contributed by atoms with van der Waals surface area (Å²) in [6.45, 7) is 5.69. The summed E-state index contributed by atoms with van der Waals surface area (Å²) in [5.41, 5.74) is 1.30. The van der Waals surface area contributed by atoms with Crippen molar-refractivity contribution in [1.82, 2.24) is 10.2 Å². The molecule has 3 heterocycles. The van der Waals surface area contributed by atoms with Gasteiger partial charge in [-0.15, -0.1) is 24.8 Å². The van der Waals surface area contributed by atoms with Gasteiger partial charge in [-0.05, 0) is 57.0 Å². The predicted octanol–water partition coefficient (Wildman–Crippen LogP) is 3.68. The van der Waals surface area contributed by atoms with E-state index < -0.39 is 0 Å². The highest BCUT2D eigenvalue weighted by atomic mass is 35.5. The molecule has 2 saturated heterocycles. The molecule has 4 rings (SSSR count). The zero-order valence-corrected chi connectivity index (χ0v) is 16.7. The topological polar surface area (TPSA) is 33.7 Å². The maximum Gasteiger partial charge on any atom is 0.123 e. The molecule has 4 nitrogen and oxygen atoms in total. The minimum Gasteiger partial charge on any atom is -0.492 e. The van der Waals surface area contributed by atoms with Crippen LogP contribution >= 0.6 is 36.4 Å². The molecule has 1 aromatic carbocycles. The Morgan fingerprint density at radius 1 is 1.16 bits per heavy atom. The molecule has 3 aliphatic rings. The molecule has 0 aliphatic carbocycles. The lowest BCUT2D eigenvalue weighted by Gasteiger charge is -2.46. The van der Waals surface area contributed by atoms with E-state index in [2.05, 4.69) is 16.3 Å². The van der Waals surface area contributed by atoms with Crippen LogP contribution in [0, 0.1) is 0 Å². The third-order valence-corrected chi connectivity index (χ3v) is 5.77. The molecule has 0 saturated carbocycles. The first-order chi connectivity index (χ1) is 11.2. The first-order valence-corrected chi connectivity index (χ1v) is 9.12. The van der Waals surface area contributed by atoms with E-state index in [0.29, 0.717) is 6.04 Å². The van der Waals surface area contributed by atoms with Crippen LogP contribution in [0.3, 0.4) is 0 Å². The van der Waals surface area contributed by atoms with E-state index in [0.717, 1.165) is 75.8 Å². The van der Waals surface area contributed by atoms with E-state index in [1.54, 1.807) is 0 Å². The molecule has 3 aliphatic heterocycles. The molecule has 0 aromatic heterocycles. The van der Waals surface area contributed by atoms with Crippen LogP contribution in [0.2, 0.25) is 5.02 Å². The first kappa shape index (κ1) is 21.1. The number of ether oxygens (including phenoxy) is 2. The molecule has 0 radical (unpaired) electrons. The van der Waals surface area contributed by atoms with Crippen LogP contribution in [-0.2, 0) is 11.3 Å². The highest BCUT2D eigenvalue weighted by Crippen LogP contribution is 2.36. The second kappa shape index (κ2) is 9.12. The Morgan fingerprint density at radius 3 is 2.76 bits per heavy atom. The van der Waals surface area contributed by atoms with Gasteiger partial charge >= 0.3 is 0 Å². The Morgan fingerprint density at radius 2 is 1.96 bits per heavy atom. The largest absolute Gasteiger partial charge is 0.492 e. The van der Waals surface area contributed by atoms with Gasteiger partial charge in [-0.25, -0.2) is 0 Å². The van der Waals surface area contributed by atoms with E-state index in [1.807, 2.05) is 12.1 Å². The van der Waals surface area contributed by atoms with Gasteiger partial charge in [-0.1, -0.05) is 11.6 Å². The smallest absolute Gasteiger partial charge is 0.123 e. The van der Waals surface area contributed by atoms with Gasteiger partial charge in [0.05, 0.1) is 5.60 Å². The molecule has 2 fully saturated rings. The van der Waals surface area contributed by atoms with Gasteiger partial charge in [-0.3, -0.25) is 4.90 Å². The average molecular weight is 410 g/mol. The van der Waals surface area contributed by atoms with Crippen molar-refractivity contribution in [3.8, 4) is 5.75 Å². The van der Waals surface area contributed by atoms with E-state index in [1.165, 1.54) is 5.56 Å². The van der Waals surface area contributed by atoms with Crippen LogP contribution in [-0.4, -0.2) is 49.4 Å². The number of nitrogens with one attached hydrogen (secondary N) is 1. The molecule has 1 unspecified atom stereocenters. The lowest BCUT2D eigenvalue weighted by Crippen LogP contribution is -2.53. The summed E-state index contributed by atoms with van der Waals surface area (Å²) in [7, 11) is 0. The van der Waals surface area contributed by atoms with Crippen molar-refractivity contribution in [2.45, 2.75) is 43.9 Å². The van der Waals surface area contributed by atoms with E-state index in [9.17, 15) is 0 Å². The van der Waals surface area contributed by atoms with Gasteiger partial charge in [-0.2, -0.15) is 0 Å². The quantitative estimate of drug-likeness (QED) is 0.767. The fraction of sp³-hybridized carbons (Fsp3) is 0.667. The van der Waals surface area contributed by atoms with Crippen LogP contribution in [0.25, 0.3) is 0 Å². The van der Waals surface area contributed by atoms with Crippen LogP contribution in [0.1, 0.15) is 31.2 Å². The molecule has 1 N–H and O–H groups in total. The van der Waals surface area contributed by atoms with Gasteiger partial charge in [0.2, 0.25) is 0 Å². The molecule has 1 atom stereocenters. The molecular formula is C18H27Cl3N2O2. The van der Waals surface area contributed by atoms with Gasteiger partial charge in [0.15, 0.2) is 0 Å². The third-order valence-electron chi connectivity index (χ3n) is 5.53. The number of hydrogen-bond acceptors (Lipinski definition) is 4. The maximum absolute atomic E-state index is 6.23. The summed E-state index contributed by atoms with van der Waals surface area (Å²) < 4.78 is 12.1. The Balaban J connectivity index is 0.00000113. The number of fused-ring (bicyclic) bond motifs is 1. The van der Waals surface area contributed by atoms with Crippen molar-refractivity contribution >= 4 is 36.4 Å². The minimum absolute atomic E-state index is 0.